The van der Waals surface area contributed by atoms with E-state index in [1.165, 1.54) is 18.2 Å². The van der Waals surface area contributed by atoms with Crippen LogP contribution in [0.2, 0.25) is 0 Å². The number of halogens is 4. The first-order valence-electron chi connectivity index (χ1n) is 9.68. The smallest absolute Gasteiger partial charge is 0.271 e. The van der Waals surface area contributed by atoms with Gasteiger partial charge in [0.2, 0.25) is 0 Å². The summed E-state index contributed by atoms with van der Waals surface area (Å²) in [6.45, 7) is 1.78. The molecule has 0 saturated carbocycles. The molecule has 0 fully saturated rings. The third-order valence-electron chi connectivity index (χ3n) is 5.01. The summed E-state index contributed by atoms with van der Waals surface area (Å²) in [5, 5.41) is 8.95. The van der Waals surface area contributed by atoms with Crippen LogP contribution in [-0.4, -0.2) is 12.4 Å². The van der Waals surface area contributed by atoms with E-state index in [1.807, 2.05) is 0 Å². The molecule has 4 rings (SSSR count). The number of ether oxygens (including phenoxy) is 1. The average molecular weight is 486 g/mol. The molecule has 5 nitrogen and oxygen atoms in total. The van der Waals surface area contributed by atoms with Crippen LogP contribution in [0.3, 0.4) is 0 Å². The van der Waals surface area contributed by atoms with Crippen LogP contribution in [-0.2, 0) is 10.0 Å². The number of hydrogen-bond donors (Lipinski definition) is 0. The van der Waals surface area contributed by atoms with E-state index in [2.05, 4.69) is 0 Å². The number of fused-ring (bicyclic) bond motifs is 1. The molecule has 34 heavy (non-hydrogen) atoms. The van der Waals surface area contributed by atoms with E-state index in [1.54, 1.807) is 25.1 Å². The van der Waals surface area contributed by atoms with E-state index in [-0.39, 0.29) is 27.1 Å². The quantitative estimate of drug-likeness (QED) is 0.308. The molecule has 0 unspecified atom stereocenters. The standard InChI is InChI=1S/C24H14F4N2O3S/c1-14-2-5-17(6-3-14)34(31,32)30-9-8-18-19(11-23(27)28)24(21(26)12-22(18)30)33-16-4-7-20(25)15(10-16)13-29/h2-12H,1H3. The Morgan fingerprint density at radius 3 is 2.38 bits per heavy atom. The van der Waals surface area contributed by atoms with Gasteiger partial charge in [-0.25, -0.2) is 21.2 Å². The molecule has 0 aliphatic rings. The highest BCUT2D eigenvalue weighted by atomic mass is 32.2. The number of rotatable bonds is 5. The summed E-state index contributed by atoms with van der Waals surface area (Å²) in [5.74, 6) is -2.78. The molecule has 10 heteroatoms. The monoisotopic (exact) mass is 486 g/mol. The molecule has 0 spiro atoms. The first-order chi connectivity index (χ1) is 16.1. The fourth-order valence-electron chi connectivity index (χ4n) is 3.39. The first-order valence-corrected chi connectivity index (χ1v) is 11.1. The lowest BCUT2D eigenvalue weighted by Crippen LogP contribution is -2.12. The number of aryl methyl sites for hydroxylation is 1. The van der Waals surface area contributed by atoms with Crippen molar-refractivity contribution in [3.63, 3.8) is 0 Å². The lowest BCUT2D eigenvalue weighted by Gasteiger charge is -2.13. The van der Waals surface area contributed by atoms with Crippen LogP contribution in [0.15, 0.2) is 71.8 Å². The minimum Gasteiger partial charge on any atom is -0.454 e. The van der Waals surface area contributed by atoms with Crippen molar-refractivity contribution in [2.45, 2.75) is 11.8 Å². The van der Waals surface area contributed by atoms with Crippen LogP contribution >= 0.6 is 0 Å². The second kappa shape index (κ2) is 8.68. The van der Waals surface area contributed by atoms with E-state index >= 15 is 4.39 Å². The molecule has 1 aromatic heterocycles. The lowest BCUT2D eigenvalue weighted by molar-refractivity contribution is 0.425. The molecule has 0 radical (unpaired) electrons. The van der Waals surface area contributed by atoms with Gasteiger partial charge in [-0.05, 0) is 37.3 Å². The highest BCUT2D eigenvalue weighted by Crippen LogP contribution is 2.38. The molecule has 3 aromatic carbocycles. The third kappa shape index (κ3) is 4.13. The van der Waals surface area contributed by atoms with Crippen molar-refractivity contribution in [3.8, 4) is 17.6 Å². The van der Waals surface area contributed by atoms with Crippen molar-refractivity contribution in [2.24, 2.45) is 0 Å². The van der Waals surface area contributed by atoms with Crippen LogP contribution in [0.4, 0.5) is 17.6 Å². The van der Waals surface area contributed by atoms with Gasteiger partial charge in [0.1, 0.15) is 17.6 Å². The van der Waals surface area contributed by atoms with Gasteiger partial charge >= 0.3 is 0 Å². The van der Waals surface area contributed by atoms with Crippen LogP contribution in [0.25, 0.3) is 17.0 Å². The maximum absolute atomic E-state index is 15.1. The number of nitriles is 1. The number of hydrogen-bond acceptors (Lipinski definition) is 4. The molecule has 0 aliphatic carbocycles. The average Bonchev–Trinajstić information content (AvgIpc) is 3.21. The Hall–Kier alpha value is -4.10. The lowest BCUT2D eigenvalue weighted by atomic mass is 10.1. The Kier molecular flexibility index (Phi) is 5.89. The summed E-state index contributed by atoms with van der Waals surface area (Å²) in [6.07, 6.45) is -0.705. The topological polar surface area (TPSA) is 72.1 Å². The summed E-state index contributed by atoms with van der Waals surface area (Å²) in [6, 6.07) is 12.7. The molecule has 172 valence electrons. The van der Waals surface area contributed by atoms with E-state index < -0.39 is 39.1 Å². The zero-order valence-corrected chi connectivity index (χ0v) is 18.2. The van der Waals surface area contributed by atoms with E-state index in [4.69, 9.17) is 10.00 Å². The van der Waals surface area contributed by atoms with Gasteiger partial charge in [0, 0.05) is 35.4 Å². The van der Waals surface area contributed by atoms with E-state index in [0.717, 1.165) is 40.0 Å². The van der Waals surface area contributed by atoms with E-state index in [9.17, 15) is 21.6 Å². The van der Waals surface area contributed by atoms with Crippen molar-refractivity contribution in [1.29, 1.82) is 5.26 Å². The minimum absolute atomic E-state index is 0.0255. The van der Waals surface area contributed by atoms with Crippen LogP contribution < -0.4 is 4.74 Å². The SMILES string of the molecule is Cc1ccc(S(=O)(=O)n2ccc3c(C=C(F)F)c(Oc4ccc(F)c(C#N)c4)c(F)cc32)cc1. The van der Waals surface area contributed by atoms with Gasteiger partial charge in [-0.1, -0.05) is 17.7 Å². The van der Waals surface area contributed by atoms with Crippen LogP contribution in [0.5, 0.6) is 11.5 Å². The molecular weight excluding hydrogens is 472 g/mol. The molecule has 0 bridgehead atoms. The normalized spacial score (nSPS) is 11.3. The molecule has 4 aromatic rings. The number of aromatic nitrogens is 1. The highest BCUT2D eigenvalue weighted by Gasteiger charge is 2.24. The van der Waals surface area contributed by atoms with Gasteiger partial charge in [0.05, 0.1) is 16.0 Å². The number of benzene rings is 3. The summed E-state index contributed by atoms with van der Waals surface area (Å²) in [5.41, 5.74) is -0.163. The first kappa shape index (κ1) is 23.1. The van der Waals surface area contributed by atoms with Crippen molar-refractivity contribution < 1.29 is 30.7 Å². The van der Waals surface area contributed by atoms with Crippen LogP contribution in [0, 0.1) is 29.9 Å². The fraction of sp³-hybridized carbons (Fsp3) is 0.0417. The summed E-state index contributed by atoms with van der Waals surface area (Å²) in [7, 11) is -4.16. The Morgan fingerprint density at radius 2 is 1.74 bits per heavy atom. The zero-order chi connectivity index (χ0) is 24.6. The molecule has 0 atom stereocenters. The predicted octanol–water partition coefficient (Wildman–Crippen LogP) is 6.37. The number of nitrogens with zero attached hydrogens (tertiary/aromatic N) is 2. The third-order valence-corrected chi connectivity index (χ3v) is 6.72. The predicted molar refractivity (Wildman–Crippen MR) is 117 cm³/mol. The van der Waals surface area contributed by atoms with Gasteiger partial charge in [0.25, 0.3) is 16.1 Å². The zero-order valence-electron chi connectivity index (χ0n) is 17.4. The Balaban J connectivity index is 1.92. The maximum Gasteiger partial charge on any atom is 0.271 e. The molecule has 0 amide bonds. The molecular formula is C24H14F4N2O3S. The van der Waals surface area contributed by atoms with Gasteiger partial charge in [-0.15, -0.1) is 0 Å². The molecule has 0 aliphatic heterocycles. The van der Waals surface area contributed by atoms with Gasteiger partial charge in [-0.2, -0.15) is 14.0 Å². The van der Waals surface area contributed by atoms with Gasteiger partial charge in [0.15, 0.2) is 11.6 Å². The van der Waals surface area contributed by atoms with E-state index in [0.29, 0.717) is 6.08 Å². The van der Waals surface area contributed by atoms with Crippen molar-refractivity contribution >= 4 is 27.0 Å². The molecule has 0 saturated heterocycles. The minimum atomic E-state index is -4.16. The fourth-order valence-corrected chi connectivity index (χ4v) is 4.73. The van der Waals surface area contributed by atoms with Crippen molar-refractivity contribution in [2.75, 3.05) is 0 Å². The summed E-state index contributed by atoms with van der Waals surface area (Å²) >= 11 is 0. The molecule has 1 heterocycles. The second-order valence-corrected chi connectivity index (χ2v) is 9.07. The van der Waals surface area contributed by atoms with Gasteiger partial charge in [-0.3, -0.25) is 0 Å². The van der Waals surface area contributed by atoms with Crippen molar-refractivity contribution in [1.82, 2.24) is 3.97 Å². The largest absolute Gasteiger partial charge is 0.454 e. The Bertz CT molecular complexity index is 1600. The van der Waals surface area contributed by atoms with Crippen LogP contribution in [0.1, 0.15) is 16.7 Å². The summed E-state index contributed by atoms with van der Waals surface area (Å²) in [4.78, 5) is -0.0690. The molecule has 0 N–H and O–H groups in total. The summed E-state index contributed by atoms with van der Waals surface area (Å²) < 4.78 is 87.7. The maximum atomic E-state index is 15.1. The second-order valence-electron chi connectivity index (χ2n) is 7.25. The Labute approximate surface area is 191 Å². The van der Waals surface area contributed by atoms with Crippen molar-refractivity contribution in [3.05, 3.63) is 95.2 Å². The Morgan fingerprint density at radius 1 is 1.03 bits per heavy atom. The van der Waals surface area contributed by atoms with Gasteiger partial charge < -0.3 is 4.74 Å². The highest BCUT2D eigenvalue weighted by molar-refractivity contribution is 7.90.